The Balaban J connectivity index is 1.93. The van der Waals surface area contributed by atoms with Gasteiger partial charge in [-0.2, -0.15) is 10.2 Å². The zero-order valence-electron chi connectivity index (χ0n) is 17.7. The van der Waals surface area contributed by atoms with E-state index in [-0.39, 0.29) is 18.7 Å². The molecular weight excluding hydrogens is 386 g/mol. The molecule has 0 aliphatic heterocycles. The number of rotatable bonds is 5. The van der Waals surface area contributed by atoms with Crippen LogP contribution < -0.4 is 10.9 Å². The molecule has 0 aliphatic carbocycles. The van der Waals surface area contributed by atoms with Gasteiger partial charge in [-0.1, -0.05) is 12.1 Å². The molecule has 0 radical (unpaired) electrons. The highest BCUT2D eigenvalue weighted by molar-refractivity contribution is 6.01. The van der Waals surface area contributed by atoms with Gasteiger partial charge >= 0.3 is 5.97 Å². The Morgan fingerprint density at radius 2 is 1.90 bits per heavy atom. The number of nitrogens with one attached hydrogen (secondary N) is 1. The van der Waals surface area contributed by atoms with E-state index in [1.54, 1.807) is 49.0 Å². The predicted octanol–water partition coefficient (Wildman–Crippen LogP) is 2.47. The molecule has 0 aliphatic rings. The Kier molecular flexibility index (Phi) is 5.73. The Bertz CT molecular complexity index is 1170. The van der Waals surface area contributed by atoms with Crippen LogP contribution in [0.3, 0.4) is 0 Å². The van der Waals surface area contributed by atoms with Crippen molar-refractivity contribution in [2.75, 3.05) is 11.9 Å². The highest BCUT2D eigenvalue weighted by Gasteiger charge is 2.22. The van der Waals surface area contributed by atoms with Crippen LogP contribution in [0.25, 0.3) is 10.9 Å². The quantitative estimate of drug-likeness (QED) is 0.646. The van der Waals surface area contributed by atoms with E-state index in [2.05, 4.69) is 15.5 Å². The van der Waals surface area contributed by atoms with Crippen LogP contribution in [0.15, 0.2) is 35.3 Å². The lowest BCUT2D eigenvalue weighted by Crippen LogP contribution is -2.33. The number of ether oxygens (including phenoxy) is 1. The van der Waals surface area contributed by atoms with E-state index in [1.165, 1.54) is 0 Å². The van der Waals surface area contributed by atoms with Gasteiger partial charge in [-0.05, 0) is 46.8 Å². The summed E-state index contributed by atoms with van der Waals surface area (Å²) in [5.41, 5.74) is 0.733. The summed E-state index contributed by atoms with van der Waals surface area (Å²) >= 11 is 0. The van der Waals surface area contributed by atoms with E-state index >= 15 is 0 Å². The minimum atomic E-state index is -0.532. The first-order valence-electron chi connectivity index (χ1n) is 9.65. The number of nitrogens with zero attached hydrogens (tertiary/aromatic N) is 4. The van der Waals surface area contributed by atoms with Crippen molar-refractivity contribution >= 4 is 28.5 Å². The molecule has 1 amide bonds. The van der Waals surface area contributed by atoms with Gasteiger partial charge < -0.3 is 10.1 Å². The number of carbonyl (C=O) groups excluding carboxylic acids is 2. The van der Waals surface area contributed by atoms with Crippen molar-refractivity contribution in [1.82, 2.24) is 19.6 Å². The lowest BCUT2D eigenvalue weighted by molar-refractivity contribution is -0.117. The van der Waals surface area contributed by atoms with E-state index in [4.69, 9.17) is 4.74 Å². The number of aryl methyl sites for hydroxylation is 1. The first kappa shape index (κ1) is 21.2. The summed E-state index contributed by atoms with van der Waals surface area (Å²) in [5, 5.41) is 11.9. The molecule has 3 rings (SSSR count). The fraction of sp³-hybridized carbons (Fsp3) is 0.381. The number of carbonyl (C=O) groups is 2. The smallest absolute Gasteiger partial charge is 0.340 e. The maximum absolute atomic E-state index is 13.0. The molecule has 158 valence electrons. The number of hydrogen-bond acceptors (Lipinski definition) is 6. The van der Waals surface area contributed by atoms with Gasteiger partial charge in [0, 0.05) is 5.39 Å². The molecule has 9 heteroatoms. The summed E-state index contributed by atoms with van der Waals surface area (Å²) in [6.45, 7) is 9.22. The Morgan fingerprint density at radius 1 is 1.20 bits per heavy atom. The minimum absolute atomic E-state index is 0.223. The number of para-hydroxylation sites is 1. The Labute approximate surface area is 173 Å². The van der Waals surface area contributed by atoms with Crippen molar-refractivity contribution in [3.8, 4) is 0 Å². The molecule has 1 aromatic carbocycles. The Hall–Kier alpha value is -3.49. The molecule has 3 aromatic rings. The summed E-state index contributed by atoms with van der Waals surface area (Å²) in [7, 11) is 0. The van der Waals surface area contributed by atoms with Gasteiger partial charge in [0.25, 0.3) is 5.56 Å². The molecule has 0 bridgehead atoms. The topological polar surface area (TPSA) is 108 Å². The van der Waals surface area contributed by atoms with E-state index in [1.807, 2.05) is 20.8 Å². The maximum atomic E-state index is 13.0. The molecule has 0 unspecified atom stereocenters. The van der Waals surface area contributed by atoms with Crippen LogP contribution in [-0.4, -0.2) is 38.0 Å². The number of esters is 1. The van der Waals surface area contributed by atoms with E-state index < -0.39 is 23.0 Å². The van der Waals surface area contributed by atoms with E-state index in [9.17, 15) is 14.4 Å². The zero-order valence-corrected chi connectivity index (χ0v) is 17.7. The van der Waals surface area contributed by atoms with Gasteiger partial charge in [-0.15, -0.1) is 0 Å². The third-order valence-electron chi connectivity index (χ3n) is 4.49. The monoisotopic (exact) mass is 411 g/mol. The lowest BCUT2D eigenvalue weighted by atomic mass is 10.1. The van der Waals surface area contributed by atoms with Gasteiger partial charge in [0.05, 0.1) is 35.3 Å². The van der Waals surface area contributed by atoms with Crippen LogP contribution in [0.4, 0.5) is 5.69 Å². The third-order valence-corrected chi connectivity index (χ3v) is 4.49. The van der Waals surface area contributed by atoms with Gasteiger partial charge in [0.15, 0.2) is 0 Å². The van der Waals surface area contributed by atoms with Crippen molar-refractivity contribution in [2.24, 2.45) is 0 Å². The second-order valence-electron chi connectivity index (χ2n) is 7.85. The summed E-state index contributed by atoms with van der Waals surface area (Å²) in [5.74, 6) is -1.02. The second-order valence-corrected chi connectivity index (χ2v) is 7.85. The van der Waals surface area contributed by atoms with Gasteiger partial charge in [0.2, 0.25) is 5.91 Å². The summed E-state index contributed by atoms with van der Waals surface area (Å²) in [6, 6.07) is 6.54. The van der Waals surface area contributed by atoms with Gasteiger partial charge in [-0.3, -0.25) is 14.3 Å². The highest BCUT2D eigenvalue weighted by Crippen LogP contribution is 2.20. The van der Waals surface area contributed by atoms with E-state index in [0.717, 1.165) is 4.68 Å². The third kappa shape index (κ3) is 4.10. The largest absolute Gasteiger partial charge is 0.462 e. The molecule has 9 nitrogen and oxygen atoms in total. The van der Waals surface area contributed by atoms with Crippen LogP contribution in [-0.2, 0) is 21.6 Å². The SMILES string of the molecule is CCOC(=O)c1ccccc1NC(=O)Cn1nc(C)c2cnn(C(C)(C)C)c2c1=O. The number of fused-ring (bicyclic) bond motifs is 1. The van der Waals surface area contributed by atoms with Crippen LogP contribution in [0.5, 0.6) is 0 Å². The molecule has 0 saturated carbocycles. The number of hydrogen-bond donors (Lipinski definition) is 1. The summed E-state index contributed by atoms with van der Waals surface area (Å²) < 4.78 is 7.78. The first-order chi connectivity index (χ1) is 14.1. The molecule has 0 fully saturated rings. The number of benzene rings is 1. The highest BCUT2D eigenvalue weighted by atomic mass is 16.5. The van der Waals surface area contributed by atoms with Crippen LogP contribution in [0.1, 0.15) is 43.7 Å². The summed E-state index contributed by atoms with van der Waals surface area (Å²) in [4.78, 5) is 37.8. The van der Waals surface area contributed by atoms with Crippen LogP contribution in [0, 0.1) is 6.92 Å². The number of anilines is 1. The van der Waals surface area contributed by atoms with Crippen molar-refractivity contribution in [3.63, 3.8) is 0 Å². The molecular formula is C21H25N5O4. The molecule has 1 N–H and O–H groups in total. The standard InChI is InChI=1S/C21H25N5O4/c1-6-30-20(29)14-9-7-8-10-16(14)23-17(27)12-25-19(28)18-15(13(2)24-25)11-22-26(18)21(3,4)5/h7-11H,6,12H2,1-5H3,(H,23,27). The zero-order chi connectivity index (χ0) is 22.1. The predicted molar refractivity (Wildman–Crippen MR) is 113 cm³/mol. The van der Waals surface area contributed by atoms with Crippen molar-refractivity contribution in [1.29, 1.82) is 0 Å². The lowest BCUT2D eigenvalue weighted by Gasteiger charge is -2.20. The number of amides is 1. The van der Waals surface area contributed by atoms with Crippen LogP contribution >= 0.6 is 0 Å². The molecule has 0 saturated heterocycles. The number of aromatic nitrogens is 4. The van der Waals surface area contributed by atoms with Gasteiger partial charge in [0.1, 0.15) is 12.1 Å². The van der Waals surface area contributed by atoms with E-state index in [0.29, 0.717) is 22.3 Å². The average molecular weight is 411 g/mol. The maximum Gasteiger partial charge on any atom is 0.340 e. The van der Waals surface area contributed by atoms with Crippen molar-refractivity contribution in [3.05, 3.63) is 52.1 Å². The fourth-order valence-corrected chi connectivity index (χ4v) is 3.14. The summed E-state index contributed by atoms with van der Waals surface area (Å²) in [6.07, 6.45) is 1.62. The van der Waals surface area contributed by atoms with Crippen molar-refractivity contribution in [2.45, 2.75) is 46.7 Å². The molecule has 0 spiro atoms. The molecule has 30 heavy (non-hydrogen) atoms. The second kappa shape index (κ2) is 8.10. The Morgan fingerprint density at radius 3 is 2.57 bits per heavy atom. The van der Waals surface area contributed by atoms with Crippen LogP contribution in [0.2, 0.25) is 0 Å². The van der Waals surface area contributed by atoms with Gasteiger partial charge in [-0.25, -0.2) is 9.48 Å². The molecule has 2 aromatic heterocycles. The molecule has 2 heterocycles. The van der Waals surface area contributed by atoms with Crippen molar-refractivity contribution < 1.29 is 14.3 Å². The fourth-order valence-electron chi connectivity index (χ4n) is 3.14. The normalized spacial score (nSPS) is 11.5. The average Bonchev–Trinajstić information content (AvgIpc) is 3.13. The first-order valence-corrected chi connectivity index (χ1v) is 9.65. The molecule has 0 atom stereocenters. The minimum Gasteiger partial charge on any atom is -0.462 e.